The molecule has 2 heterocycles. The molecule has 0 bridgehead atoms. The predicted octanol–water partition coefficient (Wildman–Crippen LogP) is 5.69. The van der Waals surface area contributed by atoms with Crippen LogP contribution in [0.3, 0.4) is 0 Å². The molecule has 0 N–H and O–H groups in total. The van der Waals surface area contributed by atoms with Gasteiger partial charge in [0.1, 0.15) is 0 Å². The quantitative estimate of drug-likeness (QED) is 0.548. The number of carbonyl (C=O) groups is 1. The summed E-state index contributed by atoms with van der Waals surface area (Å²) in [5, 5.41) is 6.66. The predicted molar refractivity (Wildman–Crippen MR) is 114 cm³/mol. The topological polar surface area (TPSA) is 51.0 Å². The summed E-state index contributed by atoms with van der Waals surface area (Å²) in [4.78, 5) is 18.6. The summed E-state index contributed by atoms with van der Waals surface area (Å²) >= 11 is 12.5. The number of aromatic nitrogens is 3. The minimum atomic E-state index is -0.172. The van der Waals surface area contributed by atoms with Gasteiger partial charge in [-0.1, -0.05) is 49.0 Å². The molecule has 7 heteroatoms. The van der Waals surface area contributed by atoms with E-state index in [-0.39, 0.29) is 5.91 Å². The molecule has 0 unspecified atom stereocenters. The van der Waals surface area contributed by atoms with Crippen LogP contribution in [0.4, 0.5) is 5.69 Å². The zero-order chi connectivity index (χ0) is 19.8. The summed E-state index contributed by atoms with van der Waals surface area (Å²) in [6.07, 6.45) is 8.57. The first-order valence-corrected chi connectivity index (χ1v) is 10.3. The van der Waals surface area contributed by atoms with Crippen LogP contribution >= 0.6 is 23.2 Å². The van der Waals surface area contributed by atoms with Crippen molar-refractivity contribution < 1.29 is 4.79 Å². The SMILES string of the molecule is CCc1nn(C2CCCC2)c2cc(C(=O)N(C)c3c(Cl)cncc3Cl)ccc12. The molecule has 3 aromatic rings. The highest BCUT2D eigenvalue weighted by Gasteiger charge is 2.24. The van der Waals surface area contributed by atoms with Crippen molar-refractivity contribution >= 4 is 45.7 Å². The normalized spacial score (nSPS) is 14.7. The molecule has 0 atom stereocenters. The number of halogens is 2. The Hall–Kier alpha value is -2.11. The van der Waals surface area contributed by atoms with E-state index < -0.39 is 0 Å². The molecular formula is C21H22Cl2N4O. The summed E-state index contributed by atoms with van der Waals surface area (Å²) < 4.78 is 2.13. The van der Waals surface area contributed by atoms with Gasteiger partial charge in [0.25, 0.3) is 5.91 Å². The zero-order valence-electron chi connectivity index (χ0n) is 16.0. The van der Waals surface area contributed by atoms with E-state index in [0.29, 0.717) is 27.3 Å². The van der Waals surface area contributed by atoms with Crippen molar-refractivity contribution in [3.05, 3.63) is 51.9 Å². The first-order chi connectivity index (χ1) is 13.5. The van der Waals surface area contributed by atoms with E-state index in [4.69, 9.17) is 28.3 Å². The number of hydrogen-bond acceptors (Lipinski definition) is 3. The molecule has 1 saturated carbocycles. The first-order valence-electron chi connectivity index (χ1n) is 9.59. The summed E-state index contributed by atoms with van der Waals surface area (Å²) in [6, 6.07) is 6.21. The van der Waals surface area contributed by atoms with Gasteiger partial charge in [-0.25, -0.2) is 0 Å². The maximum Gasteiger partial charge on any atom is 0.258 e. The Labute approximate surface area is 174 Å². The summed E-state index contributed by atoms with van der Waals surface area (Å²) in [5.74, 6) is -0.172. The van der Waals surface area contributed by atoms with Crippen LogP contribution in [0.1, 0.15) is 54.7 Å². The van der Waals surface area contributed by atoms with Crippen molar-refractivity contribution in [1.29, 1.82) is 0 Å². The third kappa shape index (κ3) is 3.27. The lowest BCUT2D eigenvalue weighted by molar-refractivity contribution is 0.0993. The van der Waals surface area contributed by atoms with E-state index in [1.54, 1.807) is 7.05 Å². The van der Waals surface area contributed by atoms with Crippen LogP contribution in [-0.4, -0.2) is 27.7 Å². The van der Waals surface area contributed by atoms with Crippen LogP contribution in [0.2, 0.25) is 10.0 Å². The molecule has 2 aromatic heterocycles. The minimum Gasteiger partial charge on any atom is -0.309 e. The average molecular weight is 417 g/mol. The fraction of sp³-hybridized carbons (Fsp3) is 0.381. The third-order valence-corrected chi connectivity index (χ3v) is 6.06. The van der Waals surface area contributed by atoms with E-state index >= 15 is 0 Å². The van der Waals surface area contributed by atoms with Crippen LogP contribution < -0.4 is 4.90 Å². The molecule has 0 saturated heterocycles. The van der Waals surface area contributed by atoms with E-state index in [1.165, 1.54) is 30.1 Å². The number of pyridine rings is 1. The Kier molecular flexibility index (Phi) is 5.30. The Morgan fingerprint density at radius 1 is 1.21 bits per heavy atom. The molecule has 1 aromatic carbocycles. The number of amides is 1. The fourth-order valence-corrected chi connectivity index (χ4v) is 4.66. The van der Waals surface area contributed by atoms with Gasteiger partial charge >= 0.3 is 0 Å². The second-order valence-electron chi connectivity index (χ2n) is 7.23. The maximum absolute atomic E-state index is 13.2. The van der Waals surface area contributed by atoms with E-state index in [0.717, 1.165) is 35.9 Å². The van der Waals surface area contributed by atoms with Crippen LogP contribution in [0.25, 0.3) is 10.9 Å². The van der Waals surface area contributed by atoms with Gasteiger partial charge in [0.2, 0.25) is 0 Å². The van der Waals surface area contributed by atoms with E-state index in [9.17, 15) is 4.79 Å². The second kappa shape index (κ2) is 7.72. The van der Waals surface area contributed by atoms with Crippen molar-refractivity contribution in [1.82, 2.24) is 14.8 Å². The highest BCUT2D eigenvalue weighted by molar-refractivity contribution is 6.39. The smallest absolute Gasteiger partial charge is 0.258 e. The van der Waals surface area contributed by atoms with Crippen LogP contribution in [0.5, 0.6) is 0 Å². The highest BCUT2D eigenvalue weighted by atomic mass is 35.5. The van der Waals surface area contributed by atoms with Gasteiger partial charge < -0.3 is 4.90 Å². The Balaban J connectivity index is 1.76. The molecule has 28 heavy (non-hydrogen) atoms. The zero-order valence-corrected chi connectivity index (χ0v) is 17.5. The molecular weight excluding hydrogens is 395 g/mol. The van der Waals surface area contributed by atoms with Gasteiger partial charge in [0, 0.05) is 30.4 Å². The Bertz CT molecular complexity index is 1020. The van der Waals surface area contributed by atoms with Gasteiger partial charge in [-0.3, -0.25) is 14.5 Å². The molecule has 0 radical (unpaired) electrons. The standard InChI is InChI=1S/C21H22Cl2N4O/c1-3-18-15-9-8-13(10-19(15)27(25-18)14-6-4-5-7-14)21(28)26(2)20-16(22)11-24-12-17(20)23/h8-12,14H,3-7H2,1-2H3. The lowest BCUT2D eigenvalue weighted by atomic mass is 10.1. The summed E-state index contributed by atoms with van der Waals surface area (Å²) in [5.41, 5.74) is 3.15. The van der Waals surface area contributed by atoms with Gasteiger partial charge in [-0.05, 0) is 31.4 Å². The second-order valence-corrected chi connectivity index (χ2v) is 8.05. The Morgan fingerprint density at radius 3 is 2.54 bits per heavy atom. The molecule has 4 rings (SSSR count). The number of aryl methyl sites for hydroxylation is 1. The van der Waals surface area contributed by atoms with Gasteiger partial charge in [0.15, 0.2) is 0 Å². The number of fused-ring (bicyclic) bond motifs is 1. The molecule has 1 fully saturated rings. The lowest BCUT2D eigenvalue weighted by Crippen LogP contribution is -2.27. The largest absolute Gasteiger partial charge is 0.309 e. The molecule has 1 aliphatic carbocycles. The van der Waals surface area contributed by atoms with Crippen molar-refractivity contribution in [2.75, 3.05) is 11.9 Å². The number of rotatable bonds is 4. The van der Waals surface area contributed by atoms with Crippen molar-refractivity contribution in [3.63, 3.8) is 0 Å². The summed E-state index contributed by atoms with van der Waals surface area (Å²) in [7, 11) is 1.67. The number of anilines is 1. The van der Waals surface area contributed by atoms with Gasteiger partial charge in [-0.2, -0.15) is 5.10 Å². The molecule has 1 amide bonds. The number of benzene rings is 1. The van der Waals surface area contributed by atoms with Crippen LogP contribution in [0, 0.1) is 0 Å². The van der Waals surface area contributed by atoms with E-state index in [2.05, 4.69) is 16.6 Å². The molecule has 1 aliphatic rings. The maximum atomic E-state index is 13.2. The molecule has 146 valence electrons. The lowest BCUT2D eigenvalue weighted by Gasteiger charge is -2.20. The average Bonchev–Trinajstić information content (AvgIpc) is 3.34. The Morgan fingerprint density at radius 2 is 1.89 bits per heavy atom. The molecule has 0 spiro atoms. The van der Waals surface area contributed by atoms with Crippen molar-refractivity contribution in [2.45, 2.75) is 45.1 Å². The van der Waals surface area contributed by atoms with E-state index in [1.807, 2.05) is 18.2 Å². The first kappa shape index (κ1) is 19.2. The highest BCUT2D eigenvalue weighted by Crippen LogP contribution is 2.35. The van der Waals surface area contributed by atoms with Gasteiger partial charge in [-0.15, -0.1) is 0 Å². The number of hydrogen-bond donors (Lipinski definition) is 0. The monoisotopic (exact) mass is 416 g/mol. The molecule has 0 aliphatic heterocycles. The fourth-order valence-electron chi connectivity index (χ4n) is 4.04. The number of carbonyl (C=O) groups excluding carboxylic acids is 1. The van der Waals surface area contributed by atoms with Crippen molar-refractivity contribution in [2.24, 2.45) is 0 Å². The molecule has 5 nitrogen and oxygen atoms in total. The summed E-state index contributed by atoms with van der Waals surface area (Å²) in [6.45, 7) is 2.11. The van der Waals surface area contributed by atoms with Gasteiger partial charge in [0.05, 0.1) is 33.0 Å². The van der Waals surface area contributed by atoms with Crippen molar-refractivity contribution in [3.8, 4) is 0 Å². The third-order valence-electron chi connectivity index (χ3n) is 5.50. The number of nitrogens with zero attached hydrogens (tertiary/aromatic N) is 4. The van der Waals surface area contributed by atoms with Crippen LogP contribution in [-0.2, 0) is 6.42 Å². The van der Waals surface area contributed by atoms with Crippen LogP contribution in [0.15, 0.2) is 30.6 Å². The minimum absolute atomic E-state index is 0.172.